The van der Waals surface area contributed by atoms with Gasteiger partial charge in [0.25, 0.3) is 11.8 Å². The molecule has 142 valence electrons. The van der Waals surface area contributed by atoms with Gasteiger partial charge in [-0.1, -0.05) is 28.1 Å². The molecule has 2 N–H and O–H groups in total. The summed E-state index contributed by atoms with van der Waals surface area (Å²) in [6, 6.07) is 13.7. The van der Waals surface area contributed by atoms with Crippen LogP contribution in [0, 0.1) is 0 Å². The van der Waals surface area contributed by atoms with Gasteiger partial charge in [-0.2, -0.15) is 0 Å². The molecule has 0 unspecified atom stereocenters. The van der Waals surface area contributed by atoms with Crippen molar-refractivity contribution in [1.29, 1.82) is 0 Å². The van der Waals surface area contributed by atoms with E-state index in [2.05, 4.69) is 26.6 Å². The van der Waals surface area contributed by atoms with E-state index in [1.165, 1.54) is 0 Å². The summed E-state index contributed by atoms with van der Waals surface area (Å²) in [6.45, 7) is 4.91. The minimum absolute atomic E-state index is 0.0842. The topological polar surface area (TPSA) is 78.5 Å². The molecular weight excluding hydrogens is 410 g/mol. The third kappa shape index (κ3) is 5.92. The minimum atomic E-state index is -0.370. The van der Waals surface area contributed by atoms with E-state index >= 15 is 0 Å². The standard InChI is InChI=1S/C20H22BrN3O3/c1-3-24(4-2)20(27)15-8-6-10-17(12-15)23-18(25)13-22-19(26)14-7-5-9-16(21)11-14/h5-12H,3-4,13H2,1-2H3,(H,22,26)(H,23,25). The zero-order chi connectivity index (χ0) is 19.8. The Morgan fingerprint density at radius 1 is 0.963 bits per heavy atom. The van der Waals surface area contributed by atoms with Crippen LogP contribution < -0.4 is 10.6 Å². The molecule has 0 bridgehead atoms. The zero-order valence-electron chi connectivity index (χ0n) is 15.3. The van der Waals surface area contributed by atoms with E-state index in [1.54, 1.807) is 47.4 Å². The first kappa shape index (κ1) is 20.6. The summed E-state index contributed by atoms with van der Waals surface area (Å²) in [5.74, 6) is -0.790. The van der Waals surface area contributed by atoms with Crippen LogP contribution in [0.15, 0.2) is 53.0 Å². The molecule has 0 saturated heterocycles. The molecule has 0 fully saturated rings. The highest BCUT2D eigenvalue weighted by atomic mass is 79.9. The van der Waals surface area contributed by atoms with Crippen molar-refractivity contribution in [2.24, 2.45) is 0 Å². The Morgan fingerprint density at radius 3 is 2.30 bits per heavy atom. The second-order valence-electron chi connectivity index (χ2n) is 5.80. The summed E-state index contributed by atoms with van der Waals surface area (Å²) in [4.78, 5) is 38.3. The fourth-order valence-corrected chi connectivity index (χ4v) is 2.92. The van der Waals surface area contributed by atoms with Crippen molar-refractivity contribution >= 4 is 39.3 Å². The van der Waals surface area contributed by atoms with Crippen molar-refractivity contribution in [2.45, 2.75) is 13.8 Å². The van der Waals surface area contributed by atoms with E-state index in [4.69, 9.17) is 0 Å². The normalized spacial score (nSPS) is 10.2. The van der Waals surface area contributed by atoms with Crippen molar-refractivity contribution in [1.82, 2.24) is 10.2 Å². The molecule has 0 heterocycles. The van der Waals surface area contributed by atoms with Crippen LogP contribution in [0.1, 0.15) is 34.6 Å². The molecule has 2 rings (SSSR count). The van der Waals surface area contributed by atoms with Crippen LogP contribution in [-0.4, -0.2) is 42.3 Å². The van der Waals surface area contributed by atoms with Crippen LogP contribution in [0.3, 0.4) is 0 Å². The fourth-order valence-electron chi connectivity index (χ4n) is 2.52. The van der Waals surface area contributed by atoms with E-state index in [0.29, 0.717) is 29.9 Å². The quantitative estimate of drug-likeness (QED) is 0.705. The highest BCUT2D eigenvalue weighted by Gasteiger charge is 2.13. The van der Waals surface area contributed by atoms with Gasteiger partial charge in [-0.25, -0.2) is 0 Å². The van der Waals surface area contributed by atoms with Gasteiger partial charge in [-0.15, -0.1) is 0 Å². The third-order valence-electron chi connectivity index (χ3n) is 3.94. The lowest BCUT2D eigenvalue weighted by Gasteiger charge is -2.19. The summed E-state index contributed by atoms with van der Waals surface area (Å²) < 4.78 is 0.786. The summed E-state index contributed by atoms with van der Waals surface area (Å²) in [5.41, 5.74) is 1.48. The Labute approximate surface area is 167 Å². The monoisotopic (exact) mass is 431 g/mol. The molecule has 0 aliphatic heterocycles. The molecular formula is C20H22BrN3O3. The third-order valence-corrected chi connectivity index (χ3v) is 4.43. The number of anilines is 1. The largest absolute Gasteiger partial charge is 0.343 e. The number of rotatable bonds is 7. The Kier molecular flexibility index (Phi) is 7.55. The average Bonchev–Trinajstić information content (AvgIpc) is 2.67. The number of hydrogen-bond donors (Lipinski definition) is 2. The van der Waals surface area contributed by atoms with E-state index < -0.39 is 0 Å². The molecule has 27 heavy (non-hydrogen) atoms. The highest BCUT2D eigenvalue weighted by molar-refractivity contribution is 9.10. The molecule has 0 aliphatic carbocycles. The Hall–Kier alpha value is -2.67. The highest BCUT2D eigenvalue weighted by Crippen LogP contribution is 2.13. The van der Waals surface area contributed by atoms with Gasteiger partial charge in [0.2, 0.25) is 5.91 Å². The minimum Gasteiger partial charge on any atom is -0.343 e. The second kappa shape index (κ2) is 9.87. The first-order valence-corrected chi connectivity index (χ1v) is 9.46. The van der Waals surface area contributed by atoms with Crippen LogP contribution in [0.2, 0.25) is 0 Å². The summed E-state index contributed by atoms with van der Waals surface area (Å²) in [6.07, 6.45) is 0. The lowest BCUT2D eigenvalue weighted by atomic mass is 10.1. The number of nitrogens with one attached hydrogen (secondary N) is 2. The smallest absolute Gasteiger partial charge is 0.253 e. The molecule has 0 saturated carbocycles. The summed E-state index contributed by atoms with van der Waals surface area (Å²) in [7, 11) is 0. The Balaban J connectivity index is 1.95. The first-order chi connectivity index (χ1) is 12.9. The van der Waals surface area contributed by atoms with Crippen LogP contribution in [-0.2, 0) is 4.79 Å². The van der Waals surface area contributed by atoms with E-state index in [1.807, 2.05) is 19.9 Å². The number of benzene rings is 2. The zero-order valence-corrected chi connectivity index (χ0v) is 16.9. The molecule has 0 aromatic heterocycles. The lowest BCUT2D eigenvalue weighted by Crippen LogP contribution is -2.33. The molecule has 0 radical (unpaired) electrons. The SMILES string of the molecule is CCN(CC)C(=O)c1cccc(NC(=O)CNC(=O)c2cccc(Br)c2)c1. The number of carbonyl (C=O) groups excluding carboxylic acids is 3. The number of amides is 3. The molecule has 0 spiro atoms. The molecule has 0 atom stereocenters. The van der Waals surface area contributed by atoms with Gasteiger partial charge in [0, 0.05) is 34.4 Å². The van der Waals surface area contributed by atoms with Crippen LogP contribution in [0.4, 0.5) is 5.69 Å². The maximum absolute atomic E-state index is 12.4. The molecule has 7 heteroatoms. The predicted octanol–water partition coefficient (Wildman–Crippen LogP) is 3.30. The van der Waals surface area contributed by atoms with Crippen molar-refractivity contribution < 1.29 is 14.4 Å². The van der Waals surface area contributed by atoms with Gasteiger partial charge in [-0.3, -0.25) is 14.4 Å². The molecule has 0 aliphatic rings. The van der Waals surface area contributed by atoms with E-state index in [-0.39, 0.29) is 24.3 Å². The maximum atomic E-state index is 12.4. The number of nitrogens with zero attached hydrogens (tertiary/aromatic N) is 1. The van der Waals surface area contributed by atoms with Crippen molar-refractivity contribution in [3.05, 3.63) is 64.1 Å². The predicted molar refractivity (Wildman–Crippen MR) is 109 cm³/mol. The van der Waals surface area contributed by atoms with Crippen LogP contribution >= 0.6 is 15.9 Å². The number of carbonyl (C=O) groups is 3. The number of hydrogen-bond acceptors (Lipinski definition) is 3. The van der Waals surface area contributed by atoms with Crippen LogP contribution in [0.25, 0.3) is 0 Å². The van der Waals surface area contributed by atoms with Gasteiger partial charge in [0.15, 0.2) is 0 Å². The van der Waals surface area contributed by atoms with Gasteiger partial charge in [-0.05, 0) is 50.2 Å². The molecule has 2 aromatic rings. The van der Waals surface area contributed by atoms with Gasteiger partial charge in [0.1, 0.15) is 0 Å². The van der Waals surface area contributed by atoms with Gasteiger partial charge in [0.05, 0.1) is 6.54 Å². The van der Waals surface area contributed by atoms with Gasteiger partial charge < -0.3 is 15.5 Å². The summed E-state index contributed by atoms with van der Waals surface area (Å²) in [5, 5.41) is 5.27. The molecule has 3 amide bonds. The van der Waals surface area contributed by atoms with E-state index in [0.717, 1.165) is 4.47 Å². The average molecular weight is 432 g/mol. The first-order valence-electron chi connectivity index (χ1n) is 8.67. The Bertz CT molecular complexity index is 835. The Morgan fingerprint density at radius 2 is 1.63 bits per heavy atom. The molecule has 2 aromatic carbocycles. The summed E-state index contributed by atoms with van der Waals surface area (Å²) >= 11 is 3.30. The fraction of sp³-hybridized carbons (Fsp3) is 0.250. The number of halogens is 1. The van der Waals surface area contributed by atoms with Gasteiger partial charge >= 0.3 is 0 Å². The lowest BCUT2D eigenvalue weighted by molar-refractivity contribution is -0.115. The maximum Gasteiger partial charge on any atom is 0.253 e. The van der Waals surface area contributed by atoms with Crippen molar-refractivity contribution in [3.63, 3.8) is 0 Å². The van der Waals surface area contributed by atoms with Crippen molar-refractivity contribution in [2.75, 3.05) is 25.0 Å². The van der Waals surface area contributed by atoms with Crippen LogP contribution in [0.5, 0.6) is 0 Å². The molecule has 6 nitrogen and oxygen atoms in total. The van der Waals surface area contributed by atoms with Crippen molar-refractivity contribution in [3.8, 4) is 0 Å². The second-order valence-corrected chi connectivity index (χ2v) is 6.72. The van der Waals surface area contributed by atoms with E-state index in [9.17, 15) is 14.4 Å².